The molecule has 35 heavy (non-hydrogen) atoms. The first-order valence-electron chi connectivity index (χ1n) is 10.6. The molecule has 0 atom stereocenters. The largest absolute Gasteiger partial charge is 0.416 e. The summed E-state index contributed by atoms with van der Waals surface area (Å²) in [6, 6.07) is 21.2. The van der Waals surface area contributed by atoms with E-state index in [1.165, 1.54) is 23.9 Å². The zero-order valence-electron chi connectivity index (χ0n) is 18.5. The minimum absolute atomic E-state index is 0.0835. The summed E-state index contributed by atoms with van der Waals surface area (Å²) in [6.07, 6.45) is -2.69. The van der Waals surface area contributed by atoms with Crippen LogP contribution in [-0.4, -0.2) is 20.7 Å². The van der Waals surface area contributed by atoms with Crippen LogP contribution in [0.3, 0.4) is 0 Å². The van der Waals surface area contributed by atoms with Crippen LogP contribution >= 0.6 is 11.8 Å². The number of benzene rings is 3. The monoisotopic (exact) mass is 494 g/mol. The number of allylic oxidation sites excluding steroid dienone is 1. The van der Waals surface area contributed by atoms with Gasteiger partial charge in [0.05, 0.1) is 5.56 Å². The lowest BCUT2D eigenvalue weighted by atomic mass is 10.1. The first kappa shape index (κ1) is 24.3. The fourth-order valence-electron chi connectivity index (χ4n) is 3.37. The van der Waals surface area contributed by atoms with E-state index in [1.54, 1.807) is 30.3 Å². The zero-order chi connectivity index (χ0) is 24.8. The molecule has 1 aromatic heterocycles. The van der Waals surface area contributed by atoms with Gasteiger partial charge in [-0.15, -0.1) is 16.8 Å². The number of carbonyl (C=O) groups is 1. The van der Waals surface area contributed by atoms with E-state index in [4.69, 9.17) is 0 Å². The normalized spacial score (nSPS) is 11.3. The van der Waals surface area contributed by atoms with Gasteiger partial charge < -0.3 is 5.32 Å². The van der Waals surface area contributed by atoms with E-state index in [-0.39, 0.29) is 5.69 Å². The van der Waals surface area contributed by atoms with E-state index in [1.807, 2.05) is 34.9 Å². The number of aromatic nitrogens is 3. The Morgan fingerprint density at radius 1 is 1.00 bits per heavy atom. The Morgan fingerprint density at radius 3 is 2.43 bits per heavy atom. The molecule has 178 valence electrons. The molecule has 3 aromatic carbocycles. The van der Waals surface area contributed by atoms with Crippen LogP contribution in [-0.2, 0) is 18.5 Å². The average molecular weight is 495 g/mol. The van der Waals surface area contributed by atoms with Crippen LogP contribution < -0.4 is 5.32 Å². The molecule has 9 heteroatoms. The predicted molar refractivity (Wildman–Crippen MR) is 131 cm³/mol. The van der Waals surface area contributed by atoms with E-state index in [9.17, 15) is 18.0 Å². The van der Waals surface area contributed by atoms with E-state index in [2.05, 4.69) is 22.1 Å². The van der Waals surface area contributed by atoms with E-state index in [0.717, 1.165) is 34.2 Å². The van der Waals surface area contributed by atoms with Crippen molar-refractivity contribution in [1.29, 1.82) is 0 Å². The summed E-state index contributed by atoms with van der Waals surface area (Å²) in [6.45, 7) is 4.39. The standard InChI is InChI=1S/C26H21F3N4OS/c1-2-15-33-23(19-7-4-3-5-8-19)31-32-25(33)35-17-18-11-13-20(14-12-18)24(34)30-22-10-6-9-21(16-22)26(27,28)29/h2-14,16H,1,15,17H2,(H,30,34). The van der Waals surface area contributed by atoms with Crippen molar-refractivity contribution in [3.05, 3.63) is 108 Å². The Bertz CT molecular complexity index is 1320. The van der Waals surface area contributed by atoms with Crippen LogP contribution in [0.25, 0.3) is 11.4 Å². The van der Waals surface area contributed by atoms with Gasteiger partial charge in [-0.05, 0) is 35.9 Å². The van der Waals surface area contributed by atoms with Crippen molar-refractivity contribution in [2.75, 3.05) is 5.32 Å². The molecule has 0 aliphatic heterocycles. The second-order valence-electron chi connectivity index (χ2n) is 7.59. The number of nitrogens with one attached hydrogen (secondary N) is 1. The van der Waals surface area contributed by atoms with Gasteiger partial charge in [0.1, 0.15) is 0 Å². The van der Waals surface area contributed by atoms with Crippen LogP contribution in [0, 0.1) is 0 Å². The van der Waals surface area contributed by atoms with Crippen molar-refractivity contribution in [2.45, 2.75) is 23.6 Å². The Kier molecular flexibility index (Phi) is 7.36. The van der Waals surface area contributed by atoms with Gasteiger partial charge in [-0.1, -0.05) is 66.4 Å². The van der Waals surface area contributed by atoms with Gasteiger partial charge in [0.15, 0.2) is 11.0 Å². The van der Waals surface area contributed by atoms with Crippen molar-refractivity contribution in [2.24, 2.45) is 0 Å². The smallest absolute Gasteiger partial charge is 0.322 e. The maximum Gasteiger partial charge on any atom is 0.416 e. The number of anilines is 1. The second kappa shape index (κ2) is 10.6. The van der Waals surface area contributed by atoms with Crippen LogP contribution in [0.5, 0.6) is 0 Å². The predicted octanol–water partition coefficient (Wildman–Crippen LogP) is 6.69. The van der Waals surface area contributed by atoms with Crippen LogP contribution in [0.1, 0.15) is 21.5 Å². The average Bonchev–Trinajstić information content (AvgIpc) is 3.26. The van der Waals surface area contributed by atoms with Gasteiger partial charge in [-0.2, -0.15) is 13.2 Å². The van der Waals surface area contributed by atoms with Crippen LogP contribution in [0.15, 0.2) is 96.7 Å². The molecule has 4 rings (SSSR count). The number of hydrogen-bond acceptors (Lipinski definition) is 4. The maximum absolute atomic E-state index is 12.9. The SMILES string of the molecule is C=CCn1c(SCc2ccc(C(=O)Nc3cccc(C(F)(F)F)c3)cc2)nnc1-c1ccccc1. The zero-order valence-corrected chi connectivity index (χ0v) is 19.3. The Morgan fingerprint density at radius 2 is 1.74 bits per heavy atom. The molecule has 0 spiro atoms. The van der Waals surface area contributed by atoms with Gasteiger partial charge >= 0.3 is 6.18 Å². The van der Waals surface area contributed by atoms with E-state index in [0.29, 0.717) is 17.9 Å². The minimum Gasteiger partial charge on any atom is -0.322 e. The highest BCUT2D eigenvalue weighted by atomic mass is 32.2. The molecule has 1 N–H and O–H groups in total. The molecule has 0 saturated carbocycles. The molecule has 0 unspecified atom stereocenters. The number of halogens is 3. The number of thioether (sulfide) groups is 1. The molecule has 1 heterocycles. The number of amides is 1. The second-order valence-corrected chi connectivity index (χ2v) is 8.53. The lowest BCUT2D eigenvalue weighted by Crippen LogP contribution is -2.13. The van der Waals surface area contributed by atoms with Crippen LogP contribution in [0.2, 0.25) is 0 Å². The van der Waals surface area contributed by atoms with Crippen molar-refractivity contribution in [3.8, 4) is 11.4 Å². The molecule has 0 aliphatic carbocycles. The highest BCUT2D eigenvalue weighted by Gasteiger charge is 2.30. The number of nitrogens with zero attached hydrogens (tertiary/aromatic N) is 3. The first-order valence-corrected chi connectivity index (χ1v) is 11.6. The van der Waals surface area contributed by atoms with Gasteiger partial charge in [0.2, 0.25) is 0 Å². The van der Waals surface area contributed by atoms with Gasteiger partial charge in [-0.25, -0.2) is 0 Å². The summed E-state index contributed by atoms with van der Waals surface area (Å²) in [5.41, 5.74) is 1.53. The quantitative estimate of drug-likeness (QED) is 0.219. The van der Waals surface area contributed by atoms with Gasteiger partial charge in [-0.3, -0.25) is 9.36 Å². The number of alkyl halides is 3. The first-order chi connectivity index (χ1) is 16.8. The molecular formula is C26H21F3N4OS. The Balaban J connectivity index is 1.42. The van der Waals surface area contributed by atoms with Crippen molar-refractivity contribution in [1.82, 2.24) is 14.8 Å². The summed E-state index contributed by atoms with van der Waals surface area (Å²) < 4.78 is 40.7. The topological polar surface area (TPSA) is 59.8 Å². The number of rotatable bonds is 8. The maximum atomic E-state index is 12.9. The molecule has 0 fully saturated rings. The summed E-state index contributed by atoms with van der Waals surface area (Å²) >= 11 is 1.51. The van der Waals surface area contributed by atoms with E-state index < -0.39 is 17.6 Å². The summed E-state index contributed by atoms with van der Waals surface area (Å²) in [5.74, 6) is 0.871. The molecule has 0 bridgehead atoms. The lowest BCUT2D eigenvalue weighted by Gasteiger charge is -2.10. The molecular weight excluding hydrogens is 473 g/mol. The highest BCUT2D eigenvalue weighted by Crippen LogP contribution is 2.31. The third-order valence-corrected chi connectivity index (χ3v) is 6.13. The van der Waals surface area contributed by atoms with Crippen molar-refractivity contribution < 1.29 is 18.0 Å². The number of carbonyl (C=O) groups excluding carboxylic acids is 1. The summed E-state index contributed by atoms with van der Waals surface area (Å²) in [4.78, 5) is 12.5. The molecule has 0 aliphatic rings. The minimum atomic E-state index is -4.47. The number of hydrogen-bond donors (Lipinski definition) is 1. The molecule has 4 aromatic rings. The van der Waals surface area contributed by atoms with E-state index >= 15 is 0 Å². The fourth-order valence-corrected chi connectivity index (χ4v) is 4.27. The third-order valence-electron chi connectivity index (χ3n) is 5.09. The highest BCUT2D eigenvalue weighted by molar-refractivity contribution is 7.98. The Labute approximate surface area is 204 Å². The summed E-state index contributed by atoms with van der Waals surface area (Å²) in [5, 5.41) is 11.9. The van der Waals surface area contributed by atoms with Gasteiger partial charge in [0.25, 0.3) is 5.91 Å². The third kappa shape index (κ3) is 5.99. The Hall–Kier alpha value is -3.85. The van der Waals surface area contributed by atoms with Crippen molar-refractivity contribution in [3.63, 3.8) is 0 Å². The molecule has 0 radical (unpaired) electrons. The summed E-state index contributed by atoms with van der Waals surface area (Å²) in [7, 11) is 0. The fraction of sp³-hybridized carbons (Fsp3) is 0.115. The molecule has 1 amide bonds. The molecule has 5 nitrogen and oxygen atoms in total. The molecule has 0 saturated heterocycles. The van der Waals surface area contributed by atoms with Gasteiger partial charge in [0, 0.05) is 29.1 Å². The lowest BCUT2D eigenvalue weighted by molar-refractivity contribution is -0.137. The van der Waals surface area contributed by atoms with Crippen LogP contribution in [0.4, 0.5) is 18.9 Å². The van der Waals surface area contributed by atoms with Crippen molar-refractivity contribution >= 4 is 23.4 Å².